The van der Waals surface area contributed by atoms with Gasteiger partial charge in [0.15, 0.2) is 11.5 Å². The number of phenols is 1. The third-order valence-electron chi connectivity index (χ3n) is 4.00. The molecule has 1 saturated carbocycles. The molecule has 5 nitrogen and oxygen atoms in total. The first-order valence-electron chi connectivity index (χ1n) is 6.99. The molecule has 0 bridgehead atoms. The summed E-state index contributed by atoms with van der Waals surface area (Å²) in [5, 5.41) is 13.0. The van der Waals surface area contributed by atoms with Crippen LogP contribution < -0.4 is 10.1 Å². The molecule has 0 spiro atoms. The van der Waals surface area contributed by atoms with Crippen LogP contribution in [0.2, 0.25) is 0 Å². The highest BCUT2D eigenvalue weighted by molar-refractivity contribution is 5.97. The van der Waals surface area contributed by atoms with Gasteiger partial charge in [-0.05, 0) is 37.3 Å². The molecule has 2 atom stereocenters. The van der Waals surface area contributed by atoms with Gasteiger partial charge in [0, 0.05) is 6.61 Å². The molecule has 0 aromatic heterocycles. The van der Waals surface area contributed by atoms with Gasteiger partial charge in [-0.15, -0.1) is 0 Å². The first-order valence-corrected chi connectivity index (χ1v) is 6.99. The van der Waals surface area contributed by atoms with Crippen molar-refractivity contribution >= 4 is 5.91 Å². The molecule has 0 radical (unpaired) electrons. The van der Waals surface area contributed by atoms with Crippen molar-refractivity contribution in [2.24, 2.45) is 5.92 Å². The van der Waals surface area contributed by atoms with Crippen LogP contribution in [0.1, 0.15) is 29.6 Å². The second-order valence-electron chi connectivity index (χ2n) is 5.40. The Labute approximate surface area is 117 Å². The normalized spacial score (nSPS) is 25.4. The number of hydrogen-bond acceptors (Lipinski definition) is 4. The Balaban J connectivity index is 1.72. The minimum atomic E-state index is -0.275. The van der Waals surface area contributed by atoms with Crippen LogP contribution >= 0.6 is 0 Å². The summed E-state index contributed by atoms with van der Waals surface area (Å²) in [4.78, 5) is 12.3. The van der Waals surface area contributed by atoms with Crippen LogP contribution in [0, 0.1) is 5.92 Å². The summed E-state index contributed by atoms with van der Waals surface area (Å²) >= 11 is 0. The highest BCUT2D eigenvalue weighted by atomic mass is 16.5. The predicted molar refractivity (Wildman–Crippen MR) is 73.0 cm³/mol. The second-order valence-corrected chi connectivity index (χ2v) is 5.40. The van der Waals surface area contributed by atoms with Gasteiger partial charge in [-0.2, -0.15) is 0 Å². The van der Waals surface area contributed by atoms with Crippen LogP contribution in [-0.2, 0) is 4.74 Å². The second kappa shape index (κ2) is 5.32. The van der Waals surface area contributed by atoms with E-state index in [0.717, 1.165) is 6.42 Å². The molecule has 20 heavy (non-hydrogen) atoms. The Morgan fingerprint density at radius 3 is 2.90 bits per heavy atom. The van der Waals surface area contributed by atoms with Gasteiger partial charge in [-0.3, -0.25) is 4.79 Å². The van der Waals surface area contributed by atoms with Crippen LogP contribution in [0.5, 0.6) is 11.5 Å². The van der Waals surface area contributed by atoms with E-state index in [2.05, 4.69) is 5.32 Å². The Morgan fingerprint density at radius 1 is 1.40 bits per heavy atom. The van der Waals surface area contributed by atoms with Crippen LogP contribution in [0.4, 0.5) is 0 Å². The van der Waals surface area contributed by atoms with E-state index in [1.54, 1.807) is 18.2 Å². The smallest absolute Gasteiger partial charge is 0.255 e. The molecule has 1 aliphatic carbocycles. The lowest BCUT2D eigenvalue weighted by atomic mass is 10.1. The van der Waals surface area contributed by atoms with Crippen molar-refractivity contribution in [1.82, 2.24) is 5.32 Å². The molecular weight excluding hydrogens is 258 g/mol. The number of carbonyl (C=O) groups excluding carboxylic acids is 1. The molecule has 3 rings (SSSR count). The Bertz CT molecular complexity index is 513. The minimum Gasteiger partial charge on any atom is -0.504 e. The largest absolute Gasteiger partial charge is 0.504 e. The first kappa shape index (κ1) is 13.2. The quantitative estimate of drug-likeness (QED) is 0.879. The summed E-state index contributed by atoms with van der Waals surface area (Å²) < 4.78 is 10.7. The number of carbonyl (C=O) groups is 1. The zero-order chi connectivity index (χ0) is 14.1. The lowest BCUT2D eigenvalue weighted by molar-refractivity contribution is 0.0728. The summed E-state index contributed by atoms with van der Waals surface area (Å²) in [6.07, 6.45) is 3.33. The van der Waals surface area contributed by atoms with Gasteiger partial charge >= 0.3 is 0 Å². The number of para-hydroxylation sites is 1. The standard InChI is InChI=1S/C15H19NO4/c1-19-12-4-2-3-10(13(12)17)15(18)16-11-7-8-20-14(11)9-5-6-9/h2-4,9,11,14,17H,5-8H2,1H3,(H,16,18). The molecule has 1 aromatic carbocycles. The van der Waals surface area contributed by atoms with Crippen LogP contribution in [0.15, 0.2) is 18.2 Å². The number of benzene rings is 1. The topological polar surface area (TPSA) is 67.8 Å². The SMILES string of the molecule is COc1cccc(C(=O)NC2CCOC2C2CC2)c1O. The third-order valence-corrected chi connectivity index (χ3v) is 4.00. The van der Waals surface area contributed by atoms with Crippen molar-refractivity contribution in [3.05, 3.63) is 23.8 Å². The Morgan fingerprint density at radius 2 is 2.20 bits per heavy atom. The number of nitrogens with one attached hydrogen (secondary N) is 1. The lowest BCUT2D eigenvalue weighted by Crippen LogP contribution is -2.41. The minimum absolute atomic E-state index is 0.0422. The van der Waals surface area contributed by atoms with E-state index in [1.165, 1.54) is 20.0 Å². The fraction of sp³-hybridized carbons (Fsp3) is 0.533. The van der Waals surface area contributed by atoms with E-state index in [9.17, 15) is 9.90 Å². The fourth-order valence-electron chi connectivity index (χ4n) is 2.77. The van der Waals surface area contributed by atoms with Crippen molar-refractivity contribution in [3.8, 4) is 11.5 Å². The average Bonchev–Trinajstić information content (AvgIpc) is 3.19. The van der Waals surface area contributed by atoms with E-state index >= 15 is 0 Å². The number of amides is 1. The van der Waals surface area contributed by atoms with Gasteiger partial charge in [-0.25, -0.2) is 0 Å². The Hall–Kier alpha value is -1.75. The molecule has 2 N–H and O–H groups in total. The molecule has 1 saturated heterocycles. The van der Waals surface area contributed by atoms with E-state index in [1.807, 2.05) is 0 Å². The molecular formula is C15H19NO4. The maximum atomic E-state index is 12.3. The number of rotatable bonds is 4. The van der Waals surface area contributed by atoms with E-state index < -0.39 is 0 Å². The predicted octanol–water partition coefficient (Wildman–Crippen LogP) is 1.70. The van der Waals surface area contributed by atoms with Gasteiger partial charge < -0.3 is 19.9 Å². The van der Waals surface area contributed by atoms with Crippen molar-refractivity contribution in [2.45, 2.75) is 31.4 Å². The molecule has 1 amide bonds. The molecule has 5 heteroatoms. The molecule has 1 aromatic rings. The summed E-state index contributed by atoms with van der Waals surface area (Å²) in [5.74, 6) is 0.498. The monoisotopic (exact) mass is 277 g/mol. The highest BCUT2D eigenvalue weighted by Gasteiger charge is 2.41. The number of ether oxygens (including phenoxy) is 2. The van der Waals surface area contributed by atoms with Gasteiger partial charge in [0.05, 0.1) is 24.8 Å². The van der Waals surface area contributed by atoms with Gasteiger partial charge in [0.1, 0.15) is 0 Å². The maximum absolute atomic E-state index is 12.3. The summed E-state index contributed by atoms with van der Waals surface area (Å²) in [7, 11) is 1.46. The van der Waals surface area contributed by atoms with Gasteiger partial charge in [0.2, 0.25) is 0 Å². The first-order chi connectivity index (χ1) is 9.70. The zero-order valence-corrected chi connectivity index (χ0v) is 11.5. The Kier molecular flexibility index (Phi) is 3.53. The lowest BCUT2D eigenvalue weighted by Gasteiger charge is -2.20. The third kappa shape index (κ3) is 2.45. The summed E-state index contributed by atoms with van der Waals surface area (Å²) in [6, 6.07) is 4.95. The molecule has 2 aliphatic rings. The van der Waals surface area contributed by atoms with Gasteiger partial charge in [-0.1, -0.05) is 6.07 Å². The molecule has 2 unspecified atom stereocenters. The maximum Gasteiger partial charge on any atom is 0.255 e. The van der Waals surface area contributed by atoms with E-state index in [4.69, 9.17) is 9.47 Å². The van der Waals surface area contributed by atoms with Crippen LogP contribution in [0.25, 0.3) is 0 Å². The van der Waals surface area contributed by atoms with E-state index in [0.29, 0.717) is 18.3 Å². The van der Waals surface area contributed by atoms with Crippen LogP contribution in [0.3, 0.4) is 0 Å². The molecule has 108 valence electrons. The zero-order valence-electron chi connectivity index (χ0n) is 11.5. The average molecular weight is 277 g/mol. The number of hydrogen-bond donors (Lipinski definition) is 2. The van der Waals surface area contributed by atoms with E-state index in [-0.39, 0.29) is 29.4 Å². The fourth-order valence-corrected chi connectivity index (χ4v) is 2.77. The molecule has 1 aliphatic heterocycles. The number of aromatic hydroxyl groups is 1. The van der Waals surface area contributed by atoms with Crippen molar-refractivity contribution in [3.63, 3.8) is 0 Å². The van der Waals surface area contributed by atoms with Crippen LogP contribution in [-0.4, -0.2) is 36.9 Å². The summed E-state index contributed by atoms with van der Waals surface area (Å²) in [5.41, 5.74) is 0.241. The van der Waals surface area contributed by atoms with Crippen molar-refractivity contribution < 1.29 is 19.4 Å². The number of methoxy groups -OCH3 is 1. The van der Waals surface area contributed by atoms with Crippen molar-refractivity contribution in [2.75, 3.05) is 13.7 Å². The van der Waals surface area contributed by atoms with Gasteiger partial charge in [0.25, 0.3) is 5.91 Å². The molecule has 1 heterocycles. The molecule has 2 fully saturated rings. The summed E-state index contributed by atoms with van der Waals surface area (Å²) in [6.45, 7) is 0.691. The number of phenolic OH excluding ortho intramolecular Hbond substituents is 1. The highest BCUT2D eigenvalue weighted by Crippen LogP contribution is 2.39. The van der Waals surface area contributed by atoms with Crippen molar-refractivity contribution in [1.29, 1.82) is 0 Å².